The van der Waals surface area contributed by atoms with Gasteiger partial charge in [0.15, 0.2) is 0 Å². The number of rotatable bonds is 8. The van der Waals surface area contributed by atoms with E-state index in [1.54, 1.807) is 13.8 Å². The molecule has 0 aliphatic heterocycles. The Kier molecular flexibility index (Phi) is 167. The maximum atomic E-state index is 11.2. The lowest BCUT2D eigenvalue weighted by atomic mass is 10.2. The number of hydrogen-bond acceptors (Lipinski definition) is 6. The Morgan fingerprint density at radius 1 is 0.667 bits per heavy atom. The molecular formula is C26H73NO6. The number of carbonyl (C=O) groups excluding carboxylic acids is 3. The summed E-state index contributed by atoms with van der Waals surface area (Å²) in [5.74, 6) is -1.08. The normalized spacial score (nSPS) is 5.94. The van der Waals surface area contributed by atoms with Crippen molar-refractivity contribution in [2.24, 2.45) is 5.92 Å². The number of amides is 1. The summed E-state index contributed by atoms with van der Waals surface area (Å²) in [4.78, 5) is 33.3. The zero-order valence-corrected chi connectivity index (χ0v) is 12.1. The van der Waals surface area contributed by atoms with Gasteiger partial charge < -0.3 is 19.5 Å². The smallest absolute Gasteiger partial charge is 0.407 e. The van der Waals surface area contributed by atoms with Crippen LogP contribution in [0.5, 0.6) is 0 Å². The van der Waals surface area contributed by atoms with Crippen molar-refractivity contribution in [3.8, 4) is 0 Å². The molecule has 0 radical (unpaired) electrons. The zero-order valence-electron chi connectivity index (χ0n) is 12.1. The lowest BCUT2D eigenvalue weighted by Crippen LogP contribution is -2.30. The van der Waals surface area contributed by atoms with E-state index in [1.807, 2.05) is 0 Å². The molecule has 0 unspecified atom stereocenters. The van der Waals surface area contributed by atoms with Gasteiger partial charge in [0, 0.05) is 5.57 Å². The third-order valence-corrected chi connectivity index (χ3v) is 1.99. The standard InChI is InChI=1S/C13H21NO6.13CH4/c1-9(2)11(15)18-6-5-14-13(17)20-8-7-19-12(16)10(3)4;;;;;;;;;;;;;/h10H,1,5-8H2,2-4H3,(H,14,17);13*1H4. The summed E-state index contributed by atoms with van der Waals surface area (Å²) in [6.07, 6.45) is -0.669. The van der Waals surface area contributed by atoms with Crippen LogP contribution in [0.3, 0.4) is 0 Å². The van der Waals surface area contributed by atoms with Crippen molar-refractivity contribution in [1.29, 1.82) is 0 Å². The predicted octanol–water partition coefficient (Wildman–Crippen LogP) is 9.30. The van der Waals surface area contributed by atoms with E-state index >= 15 is 0 Å². The Balaban J connectivity index is -0.0000000231. The van der Waals surface area contributed by atoms with Crippen LogP contribution in [-0.4, -0.2) is 44.4 Å². The number of nitrogens with one attached hydrogen (secondary N) is 1. The lowest BCUT2D eigenvalue weighted by Gasteiger charge is -2.09. The van der Waals surface area contributed by atoms with Gasteiger partial charge in [-0.2, -0.15) is 0 Å². The summed E-state index contributed by atoms with van der Waals surface area (Å²) >= 11 is 0. The molecule has 0 heterocycles. The van der Waals surface area contributed by atoms with Gasteiger partial charge in [-0.25, -0.2) is 9.59 Å². The molecule has 7 nitrogen and oxygen atoms in total. The van der Waals surface area contributed by atoms with Crippen molar-refractivity contribution in [2.75, 3.05) is 26.4 Å². The Morgan fingerprint density at radius 2 is 1.03 bits per heavy atom. The molecule has 0 saturated heterocycles. The van der Waals surface area contributed by atoms with E-state index in [1.165, 1.54) is 6.92 Å². The fourth-order valence-corrected chi connectivity index (χ4v) is 0.914. The van der Waals surface area contributed by atoms with Gasteiger partial charge in [-0.3, -0.25) is 4.79 Å². The Labute approximate surface area is 214 Å². The van der Waals surface area contributed by atoms with E-state index in [-0.39, 0.29) is 135 Å². The van der Waals surface area contributed by atoms with E-state index in [4.69, 9.17) is 14.2 Å². The van der Waals surface area contributed by atoms with Crippen LogP contribution in [0.15, 0.2) is 12.2 Å². The summed E-state index contributed by atoms with van der Waals surface area (Å²) in [6.45, 7) is 8.51. The van der Waals surface area contributed by atoms with Crippen LogP contribution in [0.4, 0.5) is 4.79 Å². The van der Waals surface area contributed by atoms with Crippen LogP contribution in [0, 0.1) is 5.92 Å². The first-order valence-corrected chi connectivity index (χ1v) is 6.24. The van der Waals surface area contributed by atoms with Crippen LogP contribution in [0.2, 0.25) is 0 Å². The van der Waals surface area contributed by atoms with Crippen LogP contribution in [0.25, 0.3) is 0 Å². The average molecular weight is 496 g/mol. The third kappa shape index (κ3) is 58.8. The van der Waals surface area contributed by atoms with Crippen molar-refractivity contribution in [2.45, 2.75) is 117 Å². The van der Waals surface area contributed by atoms with Gasteiger partial charge in [0.25, 0.3) is 0 Å². The van der Waals surface area contributed by atoms with Gasteiger partial charge in [-0.05, 0) is 6.92 Å². The van der Waals surface area contributed by atoms with E-state index in [9.17, 15) is 14.4 Å². The summed E-state index contributed by atoms with van der Waals surface area (Å²) in [5, 5.41) is 2.38. The number of alkyl carbamates (subject to hydrolysis) is 1. The zero-order chi connectivity index (χ0) is 15.5. The number of hydrogen-bond donors (Lipinski definition) is 1. The minimum atomic E-state index is -0.669. The molecule has 33 heavy (non-hydrogen) atoms. The highest BCUT2D eigenvalue weighted by Crippen LogP contribution is 1.95. The van der Waals surface area contributed by atoms with Crippen molar-refractivity contribution in [3.05, 3.63) is 12.2 Å². The molecule has 1 N–H and O–H groups in total. The molecule has 0 saturated carbocycles. The topological polar surface area (TPSA) is 90.9 Å². The second kappa shape index (κ2) is 57.2. The van der Waals surface area contributed by atoms with Crippen molar-refractivity contribution in [3.63, 3.8) is 0 Å². The molecule has 218 valence electrons. The van der Waals surface area contributed by atoms with E-state index in [0.717, 1.165) is 0 Å². The number of esters is 2. The summed E-state index contributed by atoms with van der Waals surface area (Å²) in [5.41, 5.74) is 0.291. The quantitative estimate of drug-likeness (QED) is 0.156. The first-order valence-electron chi connectivity index (χ1n) is 6.24. The van der Waals surface area contributed by atoms with Gasteiger partial charge in [0.2, 0.25) is 0 Å². The van der Waals surface area contributed by atoms with Crippen LogP contribution in [0.1, 0.15) is 117 Å². The second-order valence-electron chi connectivity index (χ2n) is 4.30. The van der Waals surface area contributed by atoms with E-state index in [0.29, 0.717) is 5.57 Å². The molecule has 0 spiro atoms. The fraction of sp³-hybridized carbons (Fsp3) is 0.808. The van der Waals surface area contributed by atoms with Crippen molar-refractivity contribution < 1.29 is 28.6 Å². The van der Waals surface area contributed by atoms with Crippen molar-refractivity contribution in [1.82, 2.24) is 5.32 Å². The van der Waals surface area contributed by atoms with Crippen LogP contribution in [-0.2, 0) is 23.8 Å². The highest BCUT2D eigenvalue weighted by atomic mass is 16.6. The van der Waals surface area contributed by atoms with Gasteiger partial charge in [-0.15, -0.1) is 0 Å². The van der Waals surface area contributed by atoms with Gasteiger partial charge >= 0.3 is 18.0 Å². The summed E-state index contributed by atoms with van der Waals surface area (Å²) in [7, 11) is 0. The molecule has 0 aromatic heterocycles. The average Bonchev–Trinajstić information content (AvgIpc) is 2.38. The van der Waals surface area contributed by atoms with E-state index in [2.05, 4.69) is 11.9 Å². The molecule has 0 bridgehead atoms. The molecular weight excluding hydrogens is 422 g/mol. The highest BCUT2D eigenvalue weighted by Gasteiger charge is 2.08. The van der Waals surface area contributed by atoms with Gasteiger partial charge in [0.1, 0.15) is 19.8 Å². The molecule has 7 heteroatoms. The summed E-state index contributed by atoms with van der Waals surface area (Å²) < 4.78 is 14.3. The minimum absolute atomic E-state index is 0. The summed E-state index contributed by atoms with van der Waals surface area (Å²) in [6, 6.07) is 0. The lowest BCUT2D eigenvalue weighted by molar-refractivity contribution is -0.148. The third-order valence-electron chi connectivity index (χ3n) is 1.99. The Hall–Kier alpha value is -2.05. The van der Waals surface area contributed by atoms with Crippen LogP contribution < -0.4 is 5.32 Å². The molecule has 0 rings (SSSR count). The SMILES string of the molecule is C.C.C.C.C.C.C.C.C.C.C.C.C.C=C(C)C(=O)OCCNC(=O)OCCOC(=O)C(C)C. The first kappa shape index (κ1) is 96.6. The Bertz CT molecular complexity index is 370. The highest BCUT2D eigenvalue weighted by molar-refractivity contribution is 5.86. The van der Waals surface area contributed by atoms with Crippen molar-refractivity contribution >= 4 is 18.0 Å². The largest absolute Gasteiger partial charge is 0.462 e. The minimum Gasteiger partial charge on any atom is -0.462 e. The fourth-order valence-electron chi connectivity index (χ4n) is 0.914. The molecule has 1 amide bonds. The second-order valence-corrected chi connectivity index (χ2v) is 4.30. The van der Waals surface area contributed by atoms with Gasteiger partial charge in [-0.1, -0.05) is 117 Å². The number of ether oxygens (including phenoxy) is 3. The first-order chi connectivity index (χ1) is 9.34. The predicted molar refractivity (Wildman–Crippen MR) is 158 cm³/mol. The molecule has 0 aromatic rings. The molecule has 0 aromatic carbocycles. The Morgan fingerprint density at radius 3 is 1.36 bits per heavy atom. The number of carbonyl (C=O) groups is 3. The molecule has 0 atom stereocenters. The van der Waals surface area contributed by atoms with Gasteiger partial charge in [0.05, 0.1) is 12.5 Å². The molecule has 0 fully saturated rings. The van der Waals surface area contributed by atoms with Crippen LogP contribution >= 0.6 is 0 Å². The maximum absolute atomic E-state index is 11.2. The maximum Gasteiger partial charge on any atom is 0.407 e. The molecule has 0 aliphatic carbocycles. The van der Waals surface area contributed by atoms with E-state index < -0.39 is 12.1 Å². The molecule has 0 aliphatic rings. The monoisotopic (exact) mass is 496 g/mol.